The standard InChI is InChI=1S/C28H26N4O3S/c1-16-10-12-20-19(14-16)24-23(26(35-20)17-8-6-5-7-9-17)25(32-27(29-24)30-28(31-32)36-4)18-11-13-21(33-2)22(15-18)34-3/h5-15,25-26H,1-4H3,(H,29,30,31). The van der Waals surface area contributed by atoms with E-state index in [9.17, 15) is 0 Å². The van der Waals surface area contributed by atoms with E-state index >= 15 is 0 Å². The van der Waals surface area contributed by atoms with Crippen molar-refractivity contribution in [3.8, 4) is 17.2 Å². The van der Waals surface area contributed by atoms with E-state index in [0.29, 0.717) is 22.6 Å². The highest BCUT2D eigenvalue weighted by molar-refractivity contribution is 7.98. The number of anilines is 1. The third kappa shape index (κ3) is 3.60. The summed E-state index contributed by atoms with van der Waals surface area (Å²) in [6.45, 7) is 2.09. The average Bonchev–Trinajstić information content (AvgIpc) is 3.34. The summed E-state index contributed by atoms with van der Waals surface area (Å²) in [6.07, 6.45) is 1.66. The van der Waals surface area contributed by atoms with Crippen molar-refractivity contribution in [3.05, 3.63) is 94.6 Å². The van der Waals surface area contributed by atoms with Crippen molar-refractivity contribution in [2.75, 3.05) is 25.8 Å². The number of nitrogens with one attached hydrogen (secondary N) is 1. The number of thioether (sulfide) groups is 1. The maximum atomic E-state index is 6.72. The molecule has 1 aromatic heterocycles. The van der Waals surface area contributed by atoms with E-state index in [1.807, 2.05) is 47.3 Å². The minimum absolute atomic E-state index is 0.275. The fraction of sp³-hybridized carbons (Fsp3) is 0.214. The molecule has 3 aromatic carbocycles. The van der Waals surface area contributed by atoms with Gasteiger partial charge in [-0.15, -0.1) is 5.10 Å². The van der Waals surface area contributed by atoms with Gasteiger partial charge in [0.2, 0.25) is 11.1 Å². The second-order valence-electron chi connectivity index (χ2n) is 8.75. The molecule has 0 bridgehead atoms. The SMILES string of the molecule is COc1ccc(C2C3=C(Nc4nc(SC)nn42)c2cc(C)ccc2OC3c2ccccc2)cc1OC. The van der Waals surface area contributed by atoms with Crippen molar-refractivity contribution in [2.24, 2.45) is 0 Å². The molecule has 0 saturated carbocycles. The number of aryl methyl sites for hydroxylation is 1. The monoisotopic (exact) mass is 498 g/mol. The van der Waals surface area contributed by atoms with Crippen LogP contribution in [-0.2, 0) is 0 Å². The van der Waals surface area contributed by atoms with Crippen LogP contribution in [0.25, 0.3) is 5.70 Å². The van der Waals surface area contributed by atoms with Crippen LogP contribution in [0.1, 0.15) is 34.4 Å². The summed E-state index contributed by atoms with van der Waals surface area (Å²) in [5.41, 5.74) is 6.31. The van der Waals surface area contributed by atoms with Crippen LogP contribution in [-0.4, -0.2) is 35.2 Å². The fourth-order valence-electron chi connectivity index (χ4n) is 4.96. The Morgan fingerprint density at radius 3 is 2.50 bits per heavy atom. The zero-order valence-electron chi connectivity index (χ0n) is 20.5. The van der Waals surface area contributed by atoms with E-state index < -0.39 is 0 Å². The van der Waals surface area contributed by atoms with Gasteiger partial charge < -0.3 is 19.5 Å². The number of ether oxygens (including phenoxy) is 3. The summed E-state index contributed by atoms with van der Waals surface area (Å²) in [5.74, 6) is 2.86. The molecule has 0 saturated heterocycles. The molecule has 1 N–H and O–H groups in total. The molecule has 3 heterocycles. The van der Waals surface area contributed by atoms with Gasteiger partial charge >= 0.3 is 0 Å². The van der Waals surface area contributed by atoms with E-state index in [4.69, 9.17) is 24.3 Å². The Morgan fingerprint density at radius 1 is 0.944 bits per heavy atom. The van der Waals surface area contributed by atoms with Gasteiger partial charge in [0.05, 0.1) is 19.9 Å². The number of hydrogen-bond donors (Lipinski definition) is 1. The van der Waals surface area contributed by atoms with Crippen LogP contribution >= 0.6 is 11.8 Å². The maximum Gasteiger partial charge on any atom is 0.227 e. The van der Waals surface area contributed by atoms with Gasteiger partial charge in [-0.1, -0.05) is 59.8 Å². The quantitative estimate of drug-likeness (QED) is 0.344. The Kier molecular flexibility index (Phi) is 5.60. The molecule has 7 nitrogen and oxygen atoms in total. The molecule has 4 aromatic rings. The van der Waals surface area contributed by atoms with Gasteiger partial charge in [0, 0.05) is 11.1 Å². The Morgan fingerprint density at radius 2 is 1.75 bits per heavy atom. The van der Waals surface area contributed by atoms with Crippen LogP contribution in [0.5, 0.6) is 17.2 Å². The van der Waals surface area contributed by atoms with Gasteiger partial charge in [0.25, 0.3) is 0 Å². The summed E-state index contributed by atoms with van der Waals surface area (Å²) in [6, 6.07) is 22.3. The molecule has 0 fully saturated rings. The third-order valence-corrected chi connectivity index (χ3v) is 7.15. The number of fused-ring (bicyclic) bond motifs is 3. The Bertz CT molecular complexity index is 1480. The number of methoxy groups -OCH3 is 2. The molecule has 2 aliphatic heterocycles. The Hall–Kier alpha value is -3.91. The van der Waals surface area contributed by atoms with Crippen LogP contribution in [0.2, 0.25) is 0 Å². The zero-order chi connectivity index (χ0) is 24.8. The van der Waals surface area contributed by atoms with Crippen molar-refractivity contribution >= 4 is 23.4 Å². The van der Waals surface area contributed by atoms with Gasteiger partial charge in [-0.2, -0.15) is 4.98 Å². The number of hydrogen-bond acceptors (Lipinski definition) is 7. The highest BCUT2D eigenvalue weighted by Crippen LogP contribution is 2.51. The smallest absolute Gasteiger partial charge is 0.227 e. The first-order valence-corrected chi connectivity index (χ1v) is 12.9. The lowest BCUT2D eigenvalue weighted by atomic mass is 9.84. The summed E-state index contributed by atoms with van der Waals surface area (Å²) in [4.78, 5) is 4.78. The first-order valence-electron chi connectivity index (χ1n) is 11.7. The summed E-state index contributed by atoms with van der Waals surface area (Å²) in [5, 5.41) is 9.17. The second kappa shape index (κ2) is 8.95. The van der Waals surface area contributed by atoms with Gasteiger partial charge in [-0.05, 0) is 48.6 Å². The first-order chi connectivity index (χ1) is 17.6. The lowest BCUT2D eigenvalue weighted by molar-refractivity contribution is 0.222. The third-order valence-electron chi connectivity index (χ3n) is 6.62. The molecule has 182 valence electrons. The zero-order valence-corrected chi connectivity index (χ0v) is 21.3. The predicted molar refractivity (Wildman–Crippen MR) is 141 cm³/mol. The van der Waals surface area contributed by atoms with Crippen molar-refractivity contribution in [1.29, 1.82) is 0 Å². The minimum atomic E-state index is -0.322. The maximum absolute atomic E-state index is 6.72. The molecule has 0 radical (unpaired) electrons. The molecule has 0 amide bonds. The van der Waals surface area contributed by atoms with E-state index in [-0.39, 0.29) is 12.1 Å². The highest BCUT2D eigenvalue weighted by Gasteiger charge is 2.41. The summed E-state index contributed by atoms with van der Waals surface area (Å²) in [7, 11) is 3.29. The molecule has 2 atom stereocenters. The average molecular weight is 499 g/mol. The van der Waals surface area contributed by atoms with Crippen molar-refractivity contribution in [3.63, 3.8) is 0 Å². The molecular weight excluding hydrogens is 472 g/mol. The number of aromatic nitrogens is 3. The second-order valence-corrected chi connectivity index (χ2v) is 9.52. The first kappa shape index (κ1) is 22.5. The van der Waals surface area contributed by atoms with Crippen LogP contribution in [0.4, 0.5) is 5.95 Å². The van der Waals surface area contributed by atoms with E-state index in [1.165, 1.54) is 11.8 Å². The molecule has 8 heteroatoms. The highest BCUT2D eigenvalue weighted by atomic mass is 32.2. The molecule has 36 heavy (non-hydrogen) atoms. The van der Waals surface area contributed by atoms with Gasteiger partial charge in [0.1, 0.15) is 17.9 Å². The van der Waals surface area contributed by atoms with Gasteiger partial charge in [0.15, 0.2) is 11.5 Å². The predicted octanol–water partition coefficient (Wildman–Crippen LogP) is 5.89. The normalized spacial score (nSPS) is 17.9. The molecule has 2 aliphatic rings. The molecule has 6 rings (SSSR count). The number of benzene rings is 3. The van der Waals surface area contributed by atoms with Crippen LogP contribution in [0.3, 0.4) is 0 Å². The van der Waals surface area contributed by atoms with E-state index in [0.717, 1.165) is 39.3 Å². The summed E-state index contributed by atoms with van der Waals surface area (Å²) >= 11 is 1.51. The van der Waals surface area contributed by atoms with Crippen LogP contribution in [0, 0.1) is 6.92 Å². The lowest BCUT2D eigenvalue weighted by Gasteiger charge is -2.39. The topological polar surface area (TPSA) is 70.4 Å². The Balaban J connectivity index is 1.64. The molecule has 2 unspecified atom stereocenters. The summed E-state index contributed by atoms with van der Waals surface area (Å²) < 4.78 is 19.9. The lowest BCUT2D eigenvalue weighted by Crippen LogP contribution is -2.32. The van der Waals surface area contributed by atoms with Crippen molar-refractivity contribution in [2.45, 2.75) is 24.2 Å². The van der Waals surface area contributed by atoms with Crippen molar-refractivity contribution < 1.29 is 14.2 Å². The van der Waals surface area contributed by atoms with E-state index in [1.54, 1.807) is 14.2 Å². The van der Waals surface area contributed by atoms with Crippen LogP contribution < -0.4 is 19.5 Å². The fourth-order valence-corrected chi connectivity index (χ4v) is 5.30. The molecule has 0 aliphatic carbocycles. The van der Waals surface area contributed by atoms with Gasteiger partial charge in [-0.3, -0.25) is 0 Å². The number of nitrogens with zero attached hydrogens (tertiary/aromatic N) is 3. The Labute approximate surface area is 214 Å². The minimum Gasteiger partial charge on any atom is -0.493 e. The molecule has 0 spiro atoms. The van der Waals surface area contributed by atoms with Crippen molar-refractivity contribution in [1.82, 2.24) is 14.8 Å². The van der Waals surface area contributed by atoms with Crippen LogP contribution in [0.15, 0.2) is 77.5 Å². The number of rotatable bonds is 5. The largest absolute Gasteiger partial charge is 0.493 e. The molecular formula is C28H26N4O3S. The van der Waals surface area contributed by atoms with Gasteiger partial charge in [-0.25, -0.2) is 4.68 Å². The van der Waals surface area contributed by atoms with E-state index in [2.05, 4.69) is 42.6 Å².